The Morgan fingerprint density at radius 1 is 1.25 bits per heavy atom. The minimum atomic E-state index is -0.601. The van der Waals surface area contributed by atoms with Crippen LogP contribution >= 0.6 is 0 Å². The van der Waals surface area contributed by atoms with Crippen molar-refractivity contribution in [1.82, 2.24) is 0 Å². The predicted octanol–water partition coefficient (Wildman–Crippen LogP) is 2.47. The van der Waals surface area contributed by atoms with Crippen LogP contribution in [0.25, 0.3) is 0 Å². The summed E-state index contributed by atoms with van der Waals surface area (Å²) < 4.78 is 4.91. The lowest BCUT2D eigenvalue weighted by molar-refractivity contribution is 0.433. The third kappa shape index (κ3) is 3.06. The van der Waals surface area contributed by atoms with Crippen molar-refractivity contribution in [3.8, 4) is 5.75 Å². The minimum Gasteiger partial charge on any atom is -0.507 e. The van der Waals surface area contributed by atoms with Gasteiger partial charge in [-0.1, -0.05) is 0 Å². The molecule has 5 nitrogen and oxygen atoms in total. The maximum absolute atomic E-state index is 11.6. The molecule has 0 atom stereocenters. The number of nitrogens with zero attached hydrogens (tertiary/aromatic N) is 2. The van der Waals surface area contributed by atoms with E-state index < -0.39 is 5.63 Å². The van der Waals surface area contributed by atoms with E-state index in [9.17, 15) is 9.90 Å². The highest BCUT2D eigenvalue weighted by Gasteiger charge is 2.06. The van der Waals surface area contributed by atoms with Crippen LogP contribution in [-0.4, -0.2) is 25.4 Å². The molecule has 0 radical (unpaired) electrons. The summed E-state index contributed by atoms with van der Waals surface area (Å²) in [6, 6.07) is 8.89. The largest absolute Gasteiger partial charge is 0.507 e. The van der Waals surface area contributed by atoms with Gasteiger partial charge >= 0.3 is 5.63 Å². The van der Waals surface area contributed by atoms with E-state index in [0.29, 0.717) is 11.4 Å². The first-order valence-corrected chi connectivity index (χ1v) is 6.12. The van der Waals surface area contributed by atoms with Crippen LogP contribution in [0.15, 0.2) is 44.5 Å². The van der Waals surface area contributed by atoms with Gasteiger partial charge in [-0.3, -0.25) is 4.99 Å². The van der Waals surface area contributed by atoms with Crippen molar-refractivity contribution in [3.05, 3.63) is 52.1 Å². The van der Waals surface area contributed by atoms with Crippen LogP contribution in [0.4, 0.5) is 11.4 Å². The van der Waals surface area contributed by atoms with E-state index in [1.54, 1.807) is 6.92 Å². The molecule has 5 heteroatoms. The van der Waals surface area contributed by atoms with Crippen molar-refractivity contribution in [1.29, 1.82) is 0 Å². The van der Waals surface area contributed by atoms with Gasteiger partial charge in [0.1, 0.15) is 17.1 Å². The molecular weight excluding hydrogens is 256 g/mol. The zero-order valence-electron chi connectivity index (χ0n) is 11.6. The number of rotatable bonds is 3. The van der Waals surface area contributed by atoms with E-state index in [2.05, 4.69) is 4.99 Å². The molecule has 104 valence electrons. The molecule has 2 aromatic rings. The highest BCUT2D eigenvalue weighted by atomic mass is 16.4. The lowest BCUT2D eigenvalue weighted by Gasteiger charge is -2.11. The van der Waals surface area contributed by atoms with Gasteiger partial charge in [0.2, 0.25) is 0 Å². The number of benzene rings is 1. The molecule has 1 aromatic carbocycles. The second-order valence-corrected chi connectivity index (χ2v) is 4.61. The molecule has 0 saturated heterocycles. The first-order chi connectivity index (χ1) is 9.47. The molecule has 0 saturated carbocycles. The highest BCUT2D eigenvalue weighted by Crippen LogP contribution is 2.19. The van der Waals surface area contributed by atoms with Crippen LogP contribution in [0, 0.1) is 6.92 Å². The van der Waals surface area contributed by atoms with Gasteiger partial charge in [0.05, 0.1) is 5.69 Å². The number of anilines is 1. The summed E-state index contributed by atoms with van der Waals surface area (Å²) in [7, 11) is 3.90. The van der Waals surface area contributed by atoms with E-state index >= 15 is 0 Å². The van der Waals surface area contributed by atoms with Crippen LogP contribution in [0.5, 0.6) is 5.75 Å². The zero-order chi connectivity index (χ0) is 14.7. The second kappa shape index (κ2) is 5.61. The van der Waals surface area contributed by atoms with Gasteiger partial charge in [0.25, 0.3) is 0 Å². The van der Waals surface area contributed by atoms with Crippen molar-refractivity contribution in [2.45, 2.75) is 6.92 Å². The zero-order valence-corrected chi connectivity index (χ0v) is 11.6. The van der Waals surface area contributed by atoms with E-state index in [0.717, 1.165) is 5.69 Å². The van der Waals surface area contributed by atoms with Crippen LogP contribution < -0.4 is 10.5 Å². The summed E-state index contributed by atoms with van der Waals surface area (Å²) in [6.07, 6.45) is 1.31. The van der Waals surface area contributed by atoms with Crippen molar-refractivity contribution in [3.63, 3.8) is 0 Å². The third-order valence-corrected chi connectivity index (χ3v) is 2.80. The summed E-state index contributed by atoms with van der Waals surface area (Å²) in [5.41, 5.74) is 1.19. The van der Waals surface area contributed by atoms with Crippen molar-refractivity contribution >= 4 is 17.6 Å². The normalized spacial score (nSPS) is 10.9. The quantitative estimate of drug-likeness (QED) is 0.872. The van der Waals surface area contributed by atoms with Gasteiger partial charge in [-0.2, -0.15) is 0 Å². The molecule has 0 aliphatic carbocycles. The Balaban J connectivity index is 2.28. The highest BCUT2D eigenvalue weighted by molar-refractivity contribution is 5.84. The van der Waals surface area contributed by atoms with Crippen LogP contribution in [0.3, 0.4) is 0 Å². The van der Waals surface area contributed by atoms with Crippen molar-refractivity contribution in [2.24, 2.45) is 4.99 Å². The first kappa shape index (κ1) is 13.9. The molecule has 0 spiro atoms. The van der Waals surface area contributed by atoms with E-state index in [1.807, 2.05) is 43.3 Å². The van der Waals surface area contributed by atoms with Gasteiger partial charge in [0.15, 0.2) is 0 Å². The lowest BCUT2D eigenvalue weighted by atomic mass is 10.2. The van der Waals surface area contributed by atoms with Crippen LogP contribution in [-0.2, 0) is 0 Å². The number of hydrogen-bond donors (Lipinski definition) is 1. The third-order valence-electron chi connectivity index (χ3n) is 2.80. The monoisotopic (exact) mass is 272 g/mol. The van der Waals surface area contributed by atoms with Crippen molar-refractivity contribution in [2.75, 3.05) is 19.0 Å². The topological polar surface area (TPSA) is 66.0 Å². The Morgan fingerprint density at radius 2 is 1.90 bits per heavy atom. The fourth-order valence-electron chi connectivity index (χ4n) is 1.70. The summed E-state index contributed by atoms with van der Waals surface area (Å²) in [5, 5.41) is 9.71. The maximum Gasteiger partial charge on any atom is 0.348 e. The summed E-state index contributed by atoms with van der Waals surface area (Å²) in [6.45, 7) is 1.60. The molecule has 0 aliphatic heterocycles. The molecule has 0 unspecified atom stereocenters. The molecule has 2 rings (SSSR count). The van der Waals surface area contributed by atoms with Gasteiger partial charge in [-0.05, 0) is 31.2 Å². The average Bonchev–Trinajstić information content (AvgIpc) is 2.38. The van der Waals surface area contributed by atoms with Crippen LogP contribution in [0.2, 0.25) is 0 Å². The minimum absolute atomic E-state index is 0.0484. The number of aromatic hydroxyl groups is 1. The standard InChI is InChI=1S/C15H16N2O3/c1-10-8-14(18)13(15(19)20-10)9-16-11-4-6-12(7-5-11)17(2)3/h4-9,18H,1-3H3. The molecule has 0 aliphatic rings. The van der Waals surface area contributed by atoms with Crippen LogP contribution in [0.1, 0.15) is 11.3 Å². The van der Waals surface area contributed by atoms with Crippen molar-refractivity contribution < 1.29 is 9.52 Å². The molecule has 0 fully saturated rings. The van der Waals surface area contributed by atoms with Gasteiger partial charge < -0.3 is 14.4 Å². The average molecular weight is 272 g/mol. The Labute approximate surface area is 116 Å². The predicted molar refractivity (Wildman–Crippen MR) is 79.4 cm³/mol. The summed E-state index contributed by atoms with van der Waals surface area (Å²) in [5.74, 6) is 0.229. The van der Waals surface area contributed by atoms with Gasteiger partial charge in [-0.25, -0.2) is 4.79 Å². The second-order valence-electron chi connectivity index (χ2n) is 4.61. The Kier molecular flexibility index (Phi) is 3.89. The first-order valence-electron chi connectivity index (χ1n) is 6.12. The summed E-state index contributed by atoms with van der Waals surface area (Å²) >= 11 is 0. The SMILES string of the molecule is Cc1cc(O)c(C=Nc2ccc(N(C)C)cc2)c(=O)o1. The molecular formula is C15H16N2O3. The number of hydrogen-bond acceptors (Lipinski definition) is 5. The molecule has 20 heavy (non-hydrogen) atoms. The fourth-order valence-corrected chi connectivity index (χ4v) is 1.70. The Hall–Kier alpha value is -2.56. The molecule has 1 heterocycles. The molecule has 0 amide bonds. The molecule has 0 bridgehead atoms. The van der Waals surface area contributed by atoms with E-state index in [-0.39, 0.29) is 11.3 Å². The number of aliphatic imine (C=N–C) groups is 1. The van der Waals surface area contributed by atoms with Gasteiger partial charge in [0, 0.05) is 32.1 Å². The molecule has 1 aromatic heterocycles. The fraction of sp³-hybridized carbons (Fsp3) is 0.200. The molecule has 1 N–H and O–H groups in total. The lowest BCUT2D eigenvalue weighted by Crippen LogP contribution is -2.08. The Bertz CT molecular complexity index is 685. The number of aryl methyl sites for hydroxylation is 1. The van der Waals surface area contributed by atoms with Gasteiger partial charge in [-0.15, -0.1) is 0 Å². The maximum atomic E-state index is 11.6. The van der Waals surface area contributed by atoms with E-state index in [1.165, 1.54) is 12.3 Å². The Morgan fingerprint density at radius 3 is 2.45 bits per heavy atom. The van der Waals surface area contributed by atoms with E-state index in [4.69, 9.17) is 4.42 Å². The smallest absolute Gasteiger partial charge is 0.348 e. The summed E-state index contributed by atoms with van der Waals surface area (Å²) in [4.78, 5) is 17.7.